The zero-order valence-corrected chi connectivity index (χ0v) is 11.7. The largest absolute Gasteiger partial charge is 0.375 e. The molecule has 2 fully saturated rings. The zero-order valence-electron chi connectivity index (χ0n) is 11.7. The van der Waals surface area contributed by atoms with Crippen LogP contribution in [0.2, 0.25) is 0 Å². The van der Waals surface area contributed by atoms with Crippen LogP contribution in [-0.2, 0) is 0 Å². The predicted octanol–water partition coefficient (Wildman–Crippen LogP) is 3.52. The van der Waals surface area contributed by atoms with Crippen LogP contribution in [0.25, 0.3) is 0 Å². The molecule has 0 amide bonds. The van der Waals surface area contributed by atoms with Gasteiger partial charge in [0.2, 0.25) is 0 Å². The Labute approximate surface area is 116 Å². The van der Waals surface area contributed by atoms with Gasteiger partial charge >= 0.3 is 0 Å². The molecule has 2 atom stereocenters. The van der Waals surface area contributed by atoms with Gasteiger partial charge < -0.3 is 5.11 Å². The third kappa shape index (κ3) is 2.56. The Hall–Kier alpha value is -0.860. The first-order valence-electron chi connectivity index (χ1n) is 7.83. The Morgan fingerprint density at radius 1 is 0.947 bits per heavy atom. The molecule has 19 heavy (non-hydrogen) atoms. The van der Waals surface area contributed by atoms with Crippen molar-refractivity contribution >= 4 is 0 Å². The number of aliphatic hydroxyl groups is 1. The summed E-state index contributed by atoms with van der Waals surface area (Å²) in [6.07, 6.45) is 8.27. The highest BCUT2D eigenvalue weighted by molar-refractivity contribution is 5.23. The number of piperidine rings is 1. The van der Waals surface area contributed by atoms with Gasteiger partial charge in [0.1, 0.15) is 5.72 Å². The molecule has 1 aliphatic carbocycles. The molecule has 0 spiro atoms. The fourth-order valence-corrected chi connectivity index (χ4v) is 3.92. The molecule has 2 unspecified atom stereocenters. The first-order chi connectivity index (χ1) is 9.31. The van der Waals surface area contributed by atoms with E-state index in [9.17, 15) is 5.11 Å². The first-order valence-corrected chi connectivity index (χ1v) is 7.83. The summed E-state index contributed by atoms with van der Waals surface area (Å²) in [5, 5.41) is 11.3. The maximum Gasteiger partial charge on any atom is 0.125 e. The van der Waals surface area contributed by atoms with Crippen molar-refractivity contribution in [1.82, 2.24) is 4.90 Å². The summed E-state index contributed by atoms with van der Waals surface area (Å²) >= 11 is 0. The van der Waals surface area contributed by atoms with Gasteiger partial charge in [-0.3, -0.25) is 4.90 Å². The maximum absolute atomic E-state index is 11.3. The lowest BCUT2D eigenvalue weighted by Gasteiger charge is -2.49. The topological polar surface area (TPSA) is 23.5 Å². The molecule has 0 bridgehead atoms. The minimum Gasteiger partial charge on any atom is -0.375 e. The Morgan fingerprint density at radius 3 is 2.42 bits per heavy atom. The van der Waals surface area contributed by atoms with E-state index in [1.54, 1.807) is 0 Å². The van der Waals surface area contributed by atoms with Crippen molar-refractivity contribution in [2.75, 3.05) is 13.1 Å². The molecule has 3 rings (SSSR count). The molecule has 1 aliphatic heterocycles. The number of rotatable bonds is 2. The SMILES string of the molecule is OC1(N2CCCCC2)CCCCC1c1ccccc1. The van der Waals surface area contributed by atoms with E-state index in [2.05, 4.69) is 35.2 Å². The Morgan fingerprint density at radius 2 is 1.68 bits per heavy atom. The van der Waals surface area contributed by atoms with E-state index >= 15 is 0 Å². The molecule has 1 aromatic carbocycles. The number of hydrogen-bond donors (Lipinski definition) is 1. The van der Waals surface area contributed by atoms with Crippen molar-refractivity contribution < 1.29 is 5.11 Å². The molecule has 2 nitrogen and oxygen atoms in total. The second-order valence-corrected chi connectivity index (χ2v) is 6.14. The molecular formula is C17H25NO. The van der Waals surface area contributed by atoms with E-state index in [0.717, 1.165) is 32.4 Å². The standard InChI is InChI=1S/C17H25NO/c19-17(18-13-7-2-8-14-18)12-6-5-11-16(17)15-9-3-1-4-10-15/h1,3-4,9-10,16,19H,2,5-8,11-14H2. The van der Waals surface area contributed by atoms with Gasteiger partial charge in [-0.15, -0.1) is 0 Å². The van der Waals surface area contributed by atoms with Crippen LogP contribution in [0.5, 0.6) is 0 Å². The van der Waals surface area contributed by atoms with Gasteiger partial charge in [0.05, 0.1) is 0 Å². The molecule has 104 valence electrons. The van der Waals surface area contributed by atoms with E-state index in [4.69, 9.17) is 0 Å². The van der Waals surface area contributed by atoms with Crippen molar-refractivity contribution in [3.8, 4) is 0 Å². The minimum absolute atomic E-state index is 0.292. The van der Waals surface area contributed by atoms with E-state index in [1.165, 1.54) is 31.2 Å². The molecule has 0 radical (unpaired) electrons. The second kappa shape index (κ2) is 5.64. The maximum atomic E-state index is 11.3. The molecule has 1 heterocycles. The normalized spacial score (nSPS) is 33.2. The van der Waals surface area contributed by atoms with Crippen LogP contribution in [0.3, 0.4) is 0 Å². The quantitative estimate of drug-likeness (QED) is 0.878. The van der Waals surface area contributed by atoms with Gasteiger partial charge in [0.25, 0.3) is 0 Å². The molecule has 0 aromatic heterocycles. The monoisotopic (exact) mass is 259 g/mol. The summed E-state index contributed by atoms with van der Waals surface area (Å²) < 4.78 is 0. The summed E-state index contributed by atoms with van der Waals surface area (Å²) in [5.41, 5.74) is 0.718. The van der Waals surface area contributed by atoms with Crippen LogP contribution in [-0.4, -0.2) is 28.8 Å². The van der Waals surface area contributed by atoms with E-state index in [0.29, 0.717) is 5.92 Å². The van der Waals surface area contributed by atoms with Gasteiger partial charge in [-0.1, -0.05) is 43.2 Å². The smallest absolute Gasteiger partial charge is 0.125 e. The van der Waals surface area contributed by atoms with Crippen LogP contribution >= 0.6 is 0 Å². The number of hydrogen-bond acceptors (Lipinski definition) is 2. The fourth-order valence-electron chi connectivity index (χ4n) is 3.92. The van der Waals surface area contributed by atoms with E-state index < -0.39 is 5.72 Å². The number of likely N-dealkylation sites (tertiary alicyclic amines) is 1. The zero-order chi connectivity index (χ0) is 13.1. The highest BCUT2D eigenvalue weighted by Crippen LogP contribution is 2.43. The van der Waals surface area contributed by atoms with E-state index in [1.807, 2.05) is 0 Å². The Kier molecular flexibility index (Phi) is 3.90. The molecule has 2 heteroatoms. The summed E-state index contributed by atoms with van der Waals surface area (Å²) in [6, 6.07) is 10.6. The average Bonchev–Trinajstić information content (AvgIpc) is 2.49. The van der Waals surface area contributed by atoms with Crippen molar-refractivity contribution in [1.29, 1.82) is 0 Å². The molecular weight excluding hydrogens is 234 g/mol. The molecule has 1 aromatic rings. The minimum atomic E-state index is -0.597. The van der Waals surface area contributed by atoms with Crippen molar-refractivity contribution in [2.24, 2.45) is 0 Å². The van der Waals surface area contributed by atoms with Crippen molar-refractivity contribution in [2.45, 2.75) is 56.6 Å². The highest BCUT2D eigenvalue weighted by Gasteiger charge is 2.44. The first kappa shape index (κ1) is 13.1. The van der Waals surface area contributed by atoms with Crippen molar-refractivity contribution in [3.05, 3.63) is 35.9 Å². The highest BCUT2D eigenvalue weighted by atomic mass is 16.3. The molecule has 2 aliphatic rings. The summed E-state index contributed by atoms with van der Waals surface area (Å²) in [5.74, 6) is 0.292. The Bertz CT molecular complexity index is 399. The van der Waals surface area contributed by atoms with Crippen LogP contribution in [0.15, 0.2) is 30.3 Å². The third-order valence-corrected chi connectivity index (χ3v) is 4.95. The van der Waals surface area contributed by atoms with Crippen LogP contribution < -0.4 is 0 Å². The van der Waals surface area contributed by atoms with Gasteiger partial charge in [-0.25, -0.2) is 0 Å². The third-order valence-electron chi connectivity index (χ3n) is 4.95. The predicted molar refractivity (Wildman–Crippen MR) is 78.0 cm³/mol. The lowest BCUT2D eigenvalue weighted by molar-refractivity contribution is -0.152. The average molecular weight is 259 g/mol. The van der Waals surface area contributed by atoms with Crippen LogP contribution in [0.4, 0.5) is 0 Å². The van der Waals surface area contributed by atoms with Crippen LogP contribution in [0, 0.1) is 0 Å². The Balaban J connectivity index is 1.87. The van der Waals surface area contributed by atoms with Gasteiger partial charge in [0, 0.05) is 19.0 Å². The van der Waals surface area contributed by atoms with Gasteiger partial charge in [-0.05, 0) is 37.7 Å². The summed E-state index contributed by atoms with van der Waals surface area (Å²) in [6.45, 7) is 2.14. The van der Waals surface area contributed by atoms with Crippen molar-refractivity contribution in [3.63, 3.8) is 0 Å². The van der Waals surface area contributed by atoms with Gasteiger partial charge in [-0.2, -0.15) is 0 Å². The number of benzene rings is 1. The molecule has 1 saturated heterocycles. The lowest BCUT2D eigenvalue weighted by atomic mass is 9.75. The summed E-state index contributed by atoms with van der Waals surface area (Å²) in [4.78, 5) is 2.37. The second-order valence-electron chi connectivity index (χ2n) is 6.14. The van der Waals surface area contributed by atoms with Gasteiger partial charge in [0.15, 0.2) is 0 Å². The molecule has 1 saturated carbocycles. The van der Waals surface area contributed by atoms with Crippen LogP contribution in [0.1, 0.15) is 56.4 Å². The van der Waals surface area contributed by atoms with E-state index in [-0.39, 0.29) is 0 Å². The molecule has 1 N–H and O–H groups in total. The summed E-state index contributed by atoms with van der Waals surface area (Å²) in [7, 11) is 0. The lowest BCUT2D eigenvalue weighted by Crippen LogP contribution is -2.56. The number of nitrogens with zero attached hydrogens (tertiary/aromatic N) is 1. The fraction of sp³-hybridized carbons (Fsp3) is 0.647.